The summed E-state index contributed by atoms with van der Waals surface area (Å²) in [6, 6.07) is 18.3. The number of carbonyl (C=O) groups is 2. The summed E-state index contributed by atoms with van der Waals surface area (Å²) in [7, 11) is 0. The van der Waals surface area contributed by atoms with Gasteiger partial charge in [0.2, 0.25) is 11.8 Å². The van der Waals surface area contributed by atoms with Gasteiger partial charge in [0.25, 0.3) is 0 Å². The maximum absolute atomic E-state index is 12.7. The van der Waals surface area contributed by atoms with Gasteiger partial charge in [0.15, 0.2) is 0 Å². The van der Waals surface area contributed by atoms with Gasteiger partial charge in [-0.1, -0.05) is 32.0 Å². The van der Waals surface area contributed by atoms with Crippen molar-refractivity contribution in [2.24, 2.45) is 11.8 Å². The van der Waals surface area contributed by atoms with Crippen molar-refractivity contribution >= 4 is 39.9 Å². The predicted molar refractivity (Wildman–Crippen MR) is 155 cm³/mol. The van der Waals surface area contributed by atoms with Crippen LogP contribution in [0.3, 0.4) is 0 Å². The van der Waals surface area contributed by atoms with Crippen molar-refractivity contribution in [2.75, 3.05) is 54.4 Å². The zero-order chi connectivity index (χ0) is 26.6. The van der Waals surface area contributed by atoms with Crippen LogP contribution in [0, 0.1) is 18.8 Å². The molecule has 2 aliphatic heterocycles. The third kappa shape index (κ3) is 6.09. The van der Waals surface area contributed by atoms with Gasteiger partial charge in [0, 0.05) is 68.9 Å². The first-order valence-electron chi connectivity index (χ1n) is 13.9. The minimum atomic E-state index is -0.140. The summed E-state index contributed by atoms with van der Waals surface area (Å²) in [4.78, 5) is 36.9. The van der Waals surface area contributed by atoms with Gasteiger partial charge in [-0.15, -0.1) is 0 Å². The van der Waals surface area contributed by atoms with Crippen LogP contribution in [0.5, 0.6) is 0 Å². The summed E-state index contributed by atoms with van der Waals surface area (Å²) in [5.41, 5.74) is 4.02. The van der Waals surface area contributed by atoms with Gasteiger partial charge in [-0.3, -0.25) is 9.59 Å². The van der Waals surface area contributed by atoms with E-state index >= 15 is 0 Å². The van der Waals surface area contributed by atoms with Crippen LogP contribution in [0.15, 0.2) is 54.6 Å². The van der Waals surface area contributed by atoms with Gasteiger partial charge < -0.3 is 20.0 Å². The molecule has 1 aromatic heterocycles. The number of rotatable bonds is 6. The summed E-state index contributed by atoms with van der Waals surface area (Å²) < 4.78 is 0. The summed E-state index contributed by atoms with van der Waals surface area (Å²) in [6.45, 7) is 11.8. The number of hydrogen-bond acceptors (Lipinski definition) is 5. The molecule has 5 rings (SSSR count). The normalized spacial score (nSPS) is 20.0. The standard InChI is InChI=1S/C31H39N5O2/c1-22-17-23(2)21-36(20-22)29-18-24(3)27-19-25(9-10-28(27)33-29)32-30(37)11-12-31(38)35-15-13-34(14-16-35)26-7-5-4-6-8-26/h4-10,18-19,22-23H,11-17,20-21H2,1-3H3,(H,32,37)/t22-,23-/m0/s1. The van der Waals surface area contributed by atoms with Gasteiger partial charge in [-0.2, -0.15) is 0 Å². The highest BCUT2D eigenvalue weighted by atomic mass is 16.2. The molecule has 0 bridgehead atoms. The Labute approximate surface area is 225 Å². The van der Waals surface area contributed by atoms with Crippen LogP contribution < -0.4 is 15.1 Å². The number of aryl methyl sites for hydroxylation is 1. The summed E-state index contributed by atoms with van der Waals surface area (Å²) in [5, 5.41) is 4.02. The predicted octanol–water partition coefficient (Wildman–Crippen LogP) is 5.09. The van der Waals surface area contributed by atoms with Gasteiger partial charge >= 0.3 is 0 Å². The van der Waals surface area contributed by atoms with E-state index in [0.29, 0.717) is 24.9 Å². The Bertz CT molecular complexity index is 1280. The van der Waals surface area contributed by atoms with E-state index in [9.17, 15) is 9.59 Å². The van der Waals surface area contributed by atoms with Crippen molar-refractivity contribution in [3.05, 3.63) is 60.2 Å². The number of piperazine rings is 1. The van der Waals surface area contributed by atoms with Crippen molar-refractivity contribution in [3.63, 3.8) is 0 Å². The monoisotopic (exact) mass is 513 g/mol. The maximum atomic E-state index is 12.7. The van der Waals surface area contributed by atoms with Gasteiger partial charge in [-0.25, -0.2) is 4.98 Å². The van der Waals surface area contributed by atoms with E-state index < -0.39 is 0 Å². The molecule has 0 spiro atoms. The lowest BCUT2D eigenvalue weighted by molar-refractivity contribution is -0.133. The minimum Gasteiger partial charge on any atom is -0.368 e. The van der Waals surface area contributed by atoms with E-state index in [4.69, 9.17) is 4.98 Å². The third-order valence-corrected chi connectivity index (χ3v) is 7.80. The number of nitrogens with one attached hydrogen (secondary N) is 1. The van der Waals surface area contributed by atoms with Gasteiger partial charge in [-0.05, 0) is 67.1 Å². The molecule has 2 aliphatic rings. The highest BCUT2D eigenvalue weighted by molar-refractivity contribution is 5.96. The van der Waals surface area contributed by atoms with Crippen LogP contribution in [0.1, 0.15) is 38.7 Å². The highest BCUT2D eigenvalue weighted by Crippen LogP contribution is 2.29. The Morgan fingerprint density at radius 1 is 0.895 bits per heavy atom. The number of anilines is 3. The van der Waals surface area contributed by atoms with E-state index in [1.807, 2.05) is 41.3 Å². The minimum absolute atomic E-state index is 0.0419. The molecule has 3 heterocycles. The summed E-state index contributed by atoms with van der Waals surface area (Å²) >= 11 is 0. The second kappa shape index (κ2) is 11.4. The number of hydrogen-bond donors (Lipinski definition) is 1. The molecular formula is C31H39N5O2. The average Bonchev–Trinajstić information content (AvgIpc) is 2.92. The third-order valence-electron chi connectivity index (χ3n) is 7.80. The number of aromatic nitrogens is 1. The first-order chi connectivity index (χ1) is 18.4. The van der Waals surface area contributed by atoms with Crippen LogP contribution in [0.25, 0.3) is 10.9 Å². The molecule has 2 amide bonds. The van der Waals surface area contributed by atoms with Crippen molar-refractivity contribution in [1.29, 1.82) is 0 Å². The average molecular weight is 514 g/mol. The highest BCUT2D eigenvalue weighted by Gasteiger charge is 2.24. The molecule has 7 heteroatoms. The molecule has 200 valence electrons. The molecule has 2 fully saturated rings. The number of fused-ring (bicyclic) bond motifs is 1. The fourth-order valence-corrected chi connectivity index (χ4v) is 5.92. The molecule has 2 saturated heterocycles. The van der Waals surface area contributed by atoms with Crippen molar-refractivity contribution < 1.29 is 9.59 Å². The number of pyridine rings is 1. The van der Waals surface area contributed by atoms with Crippen molar-refractivity contribution in [2.45, 2.75) is 40.0 Å². The molecule has 0 unspecified atom stereocenters. The van der Waals surface area contributed by atoms with E-state index in [2.05, 4.69) is 54.1 Å². The summed E-state index contributed by atoms with van der Waals surface area (Å²) in [6.07, 6.45) is 1.67. The van der Waals surface area contributed by atoms with Crippen LogP contribution in [0.4, 0.5) is 17.2 Å². The summed E-state index contributed by atoms with van der Waals surface area (Å²) in [5.74, 6) is 2.27. The fourth-order valence-electron chi connectivity index (χ4n) is 5.92. The van der Waals surface area contributed by atoms with Crippen LogP contribution in [-0.2, 0) is 9.59 Å². The lowest BCUT2D eigenvalue weighted by Gasteiger charge is -2.36. The molecule has 7 nitrogen and oxygen atoms in total. The molecule has 0 radical (unpaired) electrons. The topological polar surface area (TPSA) is 68.8 Å². The zero-order valence-corrected chi connectivity index (χ0v) is 22.8. The molecular weight excluding hydrogens is 474 g/mol. The lowest BCUT2D eigenvalue weighted by atomic mass is 9.92. The number of benzene rings is 2. The van der Waals surface area contributed by atoms with E-state index in [1.165, 1.54) is 12.1 Å². The first kappa shape index (κ1) is 26.0. The van der Waals surface area contributed by atoms with Crippen LogP contribution >= 0.6 is 0 Å². The van der Waals surface area contributed by atoms with E-state index in [-0.39, 0.29) is 24.7 Å². The molecule has 0 saturated carbocycles. The van der Waals surface area contributed by atoms with Crippen molar-refractivity contribution in [1.82, 2.24) is 9.88 Å². The Kier molecular flexibility index (Phi) is 7.82. The largest absolute Gasteiger partial charge is 0.368 e. The molecule has 2 atom stereocenters. The number of amides is 2. The zero-order valence-electron chi connectivity index (χ0n) is 22.8. The molecule has 3 aromatic rings. The molecule has 38 heavy (non-hydrogen) atoms. The Morgan fingerprint density at radius 3 is 2.32 bits per heavy atom. The quantitative estimate of drug-likeness (QED) is 0.497. The fraction of sp³-hybridized carbons (Fsp3) is 0.452. The van der Waals surface area contributed by atoms with E-state index in [1.54, 1.807) is 0 Å². The Balaban J connectivity index is 1.14. The second-order valence-corrected chi connectivity index (χ2v) is 11.1. The van der Waals surface area contributed by atoms with Crippen molar-refractivity contribution in [3.8, 4) is 0 Å². The van der Waals surface area contributed by atoms with Crippen LogP contribution in [-0.4, -0.2) is 61.0 Å². The molecule has 1 N–H and O–H groups in total. The maximum Gasteiger partial charge on any atom is 0.224 e. The Morgan fingerprint density at radius 2 is 1.61 bits per heavy atom. The second-order valence-electron chi connectivity index (χ2n) is 11.1. The molecule has 2 aromatic carbocycles. The molecule has 0 aliphatic carbocycles. The number of carbonyl (C=O) groups excluding carboxylic acids is 2. The number of nitrogens with zero attached hydrogens (tertiary/aromatic N) is 4. The van der Waals surface area contributed by atoms with Gasteiger partial charge in [0.05, 0.1) is 5.52 Å². The SMILES string of the molecule is Cc1cc(N2C[C@@H](C)C[C@H](C)C2)nc2ccc(NC(=O)CCC(=O)N3CCN(c4ccccc4)CC3)cc12. The van der Waals surface area contributed by atoms with E-state index in [0.717, 1.165) is 54.2 Å². The smallest absolute Gasteiger partial charge is 0.224 e. The number of piperidine rings is 1. The van der Waals surface area contributed by atoms with Crippen LogP contribution in [0.2, 0.25) is 0 Å². The Hall–Kier alpha value is -3.61. The first-order valence-corrected chi connectivity index (χ1v) is 13.9. The lowest BCUT2D eigenvalue weighted by Crippen LogP contribution is -2.48. The van der Waals surface area contributed by atoms with Gasteiger partial charge in [0.1, 0.15) is 5.82 Å². The number of para-hydroxylation sites is 1.